The van der Waals surface area contributed by atoms with Crippen LogP contribution in [0.2, 0.25) is 0 Å². The zero-order valence-electron chi connectivity index (χ0n) is 11.8. The largest absolute Gasteiger partial charge is 0.298 e. The van der Waals surface area contributed by atoms with Gasteiger partial charge < -0.3 is 0 Å². The summed E-state index contributed by atoms with van der Waals surface area (Å²) in [5.41, 5.74) is 0. The van der Waals surface area contributed by atoms with E-state index < -0.39 is 16.3 Å². The second-order valence-electron chi connectivity index (χ2n) is 5.70. The second kappa shape index (κ2) is 5.89. The molecule has 2 rings (SSSR count). The van der Waals surface area contributed by atoms with Gasteiger partial charge in [0.2, 0.25) is 0 Å². The van der Waals surface area contributed by atoms with Crippen molar-refractivity contribution in [3.63, 3.8) is 0 Å². The zero-order chi connectivity index (χ0) is 14.0. The molecule has 0 aromatic rings. The number of hydrogen-bond acceptors (Lipinski definition) is 3. The van der Waals surface area contributed by atoms with Crippen molar-refractivity contribution in [2.45, 2.75) is 64.5 Å². The quantitative estimate of drug-likeness (QED) is 0.791. The van der Waals surface area contributed by atoms with Crippen molar-refractivity contribution in [1.82, 2.24) is 8.61 Å². The van der Waals surface area contributed by atoms with Gasteiger partial charge in [-0.05, 0) is 39.5 Å². The molecule has 2 atom stereocenters. The van der Waals surface area contributed by atoms with Crippen LogP contribution in [0, 0.1) is 0 Å². The standard InChI is InChI=1S/C13H24N2O3S/c1-11-7-3-5-9-14(11)19(17,18)15-10-6-4-8-13(15)12(2)16/h11,13H,3-10H2,1-2H3. The van der Waals surface area contributed by atoms with Crippen molar-refractivity contribution >= 4 is 16.0 Å². The molecule has 2 aliphatic heterocycles. The van der Waals surface area contributed by atoms with Crippen LogP contribution in [-0.4, -0.2) is 48.0 Å². The van der Waals surface area contributed by atoms with E-state index in [2.05, 4.69) is 0 Å². The first-order valence-corrected chi connectivity index (χ1v) is 8.63. The van der Waals surface area contributed by atoms with Gasteiger partial charge in [0.15, 0.2) is 0 Å². The van der Waals surface area contributed by atoms with Gasteiger partial charge >= 0.3 is 0 Å². The van der Waals surface area contributed by atoms with E-state index in [0.717, 1.165) is 32.1 Å². The molecule has 0 aliphatic carbocycles. The average molecular weight is 288 g/mol. The van der Waals surface area contributed by atoms with Gasteiger partial charge in [0.25, 0.3) is 10.2 Å². The molecule has 0 aromatic carbocycles. The molecule has 2 fully saturated rings. The summed E-state index contributed by atoms with van der Waals surface area (Å²) in [4.78, 5) is 11.7. The Morgan fingerprint density at radius 3 is 2.16 bits per heavy atom. The lowest BCUT2D eigenvalue weighted by atomic mass is 10.0. The molecule has 2 saturated heterocycles. The van der Waals surface area contributed by atoms with E-state index in [1.165, 1.54) is 11.2 Å². The summed E-state index contributed by atoms with van der Waals surface area (Å²) in [6, 6.07) is -0.402. The van der Waals surface area contributed by atoms with Gasteiger partial charge in [-0.15, -0.1) is 0 Å². The number of Topliss-reactive ketones (excluding diaryl/α,β-unsaturated/α-hetero) is 1. The third-order valence-corrected chi connectivity index (χ3v) is 6.42. The van der Waals surface area contributed by atoms with E-state index in [-0.39, 0.29) is 11.8 Å². The van der Waals surface area contributed by atoms with Gasteiger partial charge in [-0.1, -0.05) is 12.8 Å². The van der Waals surface area contributed by atoms with E-state index >= 15 is 0 Å². The Kier molecular flexibility index (Phi) is 4.63. The summed E-state index contributed by atoms with van der Waals surface area (Å²) in [7, 11) is -3.48. The number of carbonyl (C=O) groups is 1. The predicted octanol–water partition coefficient (Wildman–Crippen LogP) is 1.55. The molecular weight excluding hydrogens is 264 g/mol. The monoisotopic (exact) mass is 288 g/mol. The third-order valence-electron chi connectivity index (χ3n) is 4.26. The van der Waals surface area contributed by atoms with Crippen molar-refractivity contribution in [2.24, 2.45) is 0 Å². The second-order valence-corrected chi connectivity index (χ2v) is 7.53. The van der Waals surface area contributed by atoms with Crippen molar-refractivity contribution in [3.8, 4) is 0 Å². The topological polar surface area (TPSA) is 57.7 Å². The lowest BCUT2D eigenvalue weighted by molar-refractivity contribution is -0.121. The fourth-order valence-electron chi connectivity index (χ4n) is 3.14. The normalized spacial score (nSPS) is 31.3. The maximum absolute atomic E-state index is 12.8. The van der Waals surface area contributed by atoms with Crippen molar-refractivity contribution < 1.29 is 13.2 Å². The minimum atomic E-state index is -3.48. The summed E-state index contributed by atoms with van der Waals surface area (Å²) in [5, 5.41) is 0. The van der Waals surface area contributed by atoms with Crippen LogP contribution in [0.5, 0.6) is 0 Å². The lowest BCUT2D eigenvalue weighted by Crippen LogP contribution is -2.55. The Labute approximate surface area is 116 Å². The number of rotatable bonds is 3. The molecule has 6 heteroatoms. The maximum atomic E-state index is 12.8. The smallest absolute Gasteiger partial charge is 0.282 e. The Bertz CT molecular complexity index is 435. The minimum Gasteiger partial charge on any atom is -0.298 e. The predicted molar refractivity (Wildman–Crippen MR) is 74.0 cm³/mol. The Morgan fingerprint density at radius 1 is 1.00 bits per heavy atom. The van der Waals surface area contributed by atoms with Crippen molar-refractivity contribution in [3.05, 3.63) is 0 Å². The molecule has 0 aromatic heterocycles. The van der Waals surface area contributed by atoms with Gasteiger partial charge in [0, 0.05) is 19.1 Å². The molecule has 0 bridgehead atoms. The first-order chi connectivity index (χ1) is 8.94. The molecule has 0 radical (unpaired) electrons. The molecule has 0 saturated carbocycles. The fourth-order valence-corrected chi connectivity index (χ4v) is 5.26. The van der Waals surface area contributed by atoms with Crippen molar-refractivity contribution in [2.75, 3.05) is 13.1 Å². The molecule has 110 valence electrons. The highest BCUT2D eigenvalue weighted by Crippen LogP contribution is 2.27. The SMILES string of the molecule is CC(=O)C1CCCCN1S(=O)(=O)N1CCCCC1C. The van der Waals surface area contributed by atoms with E-state index in [1.54, 1.807) is 4.31 Å². The van der Waals surface area contributed by atoms with Crippen molar-refractivity contribution in [1.29, 1.82) is 0 Å². The van der Waals surface area contributed by atoms with E-state index in [0.29, 0.717) is 19.5 Å². The molecule has 0 amide bonds. The van der Waals surface area contributed by atoms with Crippen LogP contribution in [0.1, 0.15) is 52.4 Å². The molecule has 19 heavy (non-hydrogen) atoms. The van der Waals surface area contributed by atoms with E-state index in [1.807, 2.05) is 6.92 Å². The van der Waals surface area contributed by atoms with Crippen LogP contribution >= 0.6 is 0 Å². The summed E-state index contributed by atoms with van der Waals surface area (Å²) >= 11 is 0. The Balaban J connectivity index is 2.23. The van der Waals surface area contributed by atoms with E-state index in [9.17, 15) is 13.2 Å². The molecule has 2 aliphatic rings. The third kappa shape index (κ3) is 3.01. The summed E-state index contributed by atoms with van der Waals surface area (Å²) < 4.78 is 28.6. The highest BCUT2D eigenvalue weighted by Gasteiger charge is 2.40. The minimum absolute atomic E-state index is 0.0343. The summed E-state index contributed by atoms with van der Waals surface area (Å²) in [6.45, 7) is 4.53. The number of carbonyl (C=O) groups excluding carboxylic acids is 1. The molecule has 5 nitrogen and oxygen atoms in total. The van der Waals surface area contributed by atoms with Crippen LogP contribution in [0.4, 0.5) is 0 Å². The molecule has 0 spiro atoms. The first kappa shape index (κ1) is 14.9. The summed E-state index contributed by atoms with van der Waals surface area (Å²) in [5.74, 6) is -0.0343. The molecule has 2 heterocycles. The van der Waals surface area contributed by atoms with Crippen LogP contribution in [-0.2, 0) is 15.0 Å². The Morgan fingerprint density at radius 2 is 1.58 bits per heavy atom. The van der Waals surface area contributed by atoms with Gasteiger partial charge in [-0.3, -0.25) is 4.79 Å². The average Bonchev–Trinajstić information content (AvgIpc) is 2.39. The highest BCUT2D eigenvalue weighted by atomic mass is 32.2. The van der Waals surface area contributed by atoms with Gasteiger partial charge in [-0.2, -0.15) is 17.0 Å². The lowest BCUT2D eigenvalue weighted by Gasteiger charge is -2.40. The highest BCUT2D eigenvalue weighted by molar-refractivity contribution is 7.86. The number of piperidine rings is 2. The van der Waals surface area contributed by atoms with E-state index in [4.69, 9.17) is 0 Å². The molecule has 0 N–H and O–H groups in total. The van der Waals surface area contributed by atoms with Crippen LogP contribution in [0.15, 0.2) is 0 Å². The molecular formula is C13H24N2O3S. The van der Waals surface area contributed by atoms with Gasteiger partial charge in [0.05, 0.1) is 6.04 Å². The first-order valence-electron chi connectivity index (χ1n) is 7.23. The number of ketones is 1. The van der Waals surface area contributed by atoms with Crippen LogP contribution in [0.3, 0.4) is 0 Å². The van der Waals surface area contributed by atoms with Gasteiger partial charge in [0.1, 0.15) is 5.78 Å². The Hall–Kier alpha value is -0.460. The van der Waals surface area contributed by atoms with Gasteiger partial charge in [-0.25, -0.2) is 0 Å². The maximum Gasteiger partial charge on any atom is 0.282 e. The van der Waals surface area contributed by atoms with Crippen LogP contribution in [0.25, 0.3) is 0 Å². The summed E-state index contributed by atoms with van der Waals surface area (Å²) in [6.07, 6.45) is 5.37. The van der Waals surface area contributed by atoms with Crippen LogP contribution < -0.4 is 0 Å². The fraction of sp³-hybridized carbons (Fsp3) is 0.923. The number of nitrogens with zero attached hydrogens (tertiary/aromatic N) is 2. The zero-order valence-corrected chi connectivity index (χ0v) is 12.7. The molecule has 2 unspecified atom stereocenters. The number of hydrogen-bond donors (Lipinski definition) is 0.